The molecule has 4 unspecified atom stereocenters. The summed E-state index contributed by atoms with van der Waals surface area (Å²) in [4.78, 5) is 13.4. The Morgan fingerprint density at radius 3 is 2.68 bits per heavy atom. The highest BCUT2D eigenvalue weighted by Crippen LogP contribution is 2.42. The molecule has 2 fully saturated rings. The Morgan fingerprint density at radius 2 is 2.14 bits per heavy atom. The number of hydrogen-bond acceptors (Lipinski definition) is 7. The molecule has 3 rings (SSSR count). The number of nitrogens with one attached hydrogen (secondary N) is 1. The second-order valence-electron chi connectivity index (χ2n) is 7.17. The first kappa shape index (κ1) is 21.0. The summed E-state index contributed by atoms with van der Waals surface area (Å²) in [5.74, 6) is -0.584. The highest BCUT2D eigenvalue weighted by molar-refractivity contribution is 6.30. The molecule has 0 spiro atoms. The number of nitriles is 1. The van der Waals surface area contributed by atoms with Crippen LogP contribution < -0.4 is 5.32 Å². The van der Waals surface area contributed by atoms with E-state index < -0.39 is 48.6 Å². The first-order valence-electron chi connectivity index (χ1n) is 9.05. The van der Waals surface area contributed by atoms with Crippen molar-refractivity contribution in [2.24, 2.45) is 0 Å². The van der Waals surface area contributed by atoms with Gasteiger partial charge in [0.1, 0.15) is 12.2 Å². The van der Waals surface area contributed by atoms with Crippen LogP contribution in [0.4, 0.5) is 0 Å². The van der Waals surface area contributed by atoms with Gasteiger partial charge in [0.05, 0.1) is 36.5 Å². The average Bonchev–Trinajstić information content (AvgIpc) is 2.69. The van der Waals surface area contributed by atoms with Crippen molar-refractivity contribution in [2.45, 2.75) is 55.3 Å². The molecular formula is C19H23ClN2O6. The molecule has 0 bridgehead atoms. The third-order valence-electron chi connectivity index (χ3n) is 5.49. The van der Waals surface area contributed by atoms with Crippen molar-refractivity contribution in [1.29, 1.82) is 5.26 Å². The lowest BCUT2D eigenvalue weighted by Gasteiger charge is -2.48. The number of methoxy groups -OCH3 is 1. The van der Waals surface area contributed by atoms with E-state index in [2.05, 4.69) is 5.32 Å². The minimum absolute atomic E-state index is 0.0246. The van der Waals surface area contributed by atoms with Crippen LogP contribution in [-0.2, 0) is 19.9 Å². The summed E-state index contributed by atoms with van der Waals surface area (Å²) in [7, 11) is 1.38. The van der Waals surface area contributed by atoms with E-state index in [4.69, 9.17) is 21.1 Å². The lowest BCUT2D eigenvalue weighted by atomic mass is 9.79. The first-order chi connectivity index (χ1) is 13.3. The van der Waals surface area contributed by atoms with Crippen LogP contribution >= 0.6 is 11.6 Å². The number of carbonyl (C=O) groups is 1. The molecular weight excluding hydrogens is 388 g/mol. The summed E-state index contributed by atoms with van der Waals surface area (Å²) < 4.78 is 11.5. The normalized spacial score (nSPS) is 34.9. The molecule has 9 heteroatoms. The van der Waals surface area contributed by atoms with Crippen molar-refractivity contribution in [2.75, 3.05) is 13.7 Å². The Bertz CT molecular complexity index is 784. The van der Waals surface area contributed by atoms with Crippen molar-refractivity contribution < 1.29 is 29.6 Å². The van der Waals surface area contributed by atoms with Gasteiger partial charge in [-0.25, -0.2) is 0 Å². The van der Waals surface area contributed by atoms with E-state index in [1.165, 1.54) is 25.3 Å². The number of aliphatic hydroxyl groups is 3. The molecule has 28 heavy (non-hydrogen) atoms. The van der Waals surface area contributed by atoms with Crippen molar-refractivity contribution in [1.82, 2.24) is 5.32 Å². The van der Waals surface area contributed by atoms with Gasteiger partial charge in [0.25, 0.3) is 5.91 Å². The smallest absolute Gasteiger partial charge is 0.259 e. The summed E-state index contributed by atoms with van der Waals surface area (Å²) >= 11 is 6.15. The van der Waals surface area contributed by atoms with Crippen molar-refractivity contribution in [3.63, 3.8) is 0 Å². The van der Waals surface area contributed by atoms with Gasteiger partial charge in [0.15, 0.2) is 5.60 Å². The zero-order chi connectivity index (χ0) is 20.5. The molecule has 1 aliphatic heterocycles. The fraction of sp³-hybridized carbons (Fsp3) is 0.579. The number of amides is 1. The number of aliphatic hydroxyl groups excluding tert-OH is 3. The lowest BCUT2D eigenvalue weighted by molar-refractivity contribution is -0.241. The maximum absolute atomic E-state index is 13.4. The zero-order valence-corrected chi connectivity index (χ0v) is 16.1. The van der Waals surface area contributed by atoms with Crippen LogP contribution in [0.2, 0.25) is 5.02 Å². The van der Waals surface area contributed by atoms with E-state index in [1.807, 2.05) is 6.07 Å². The number of hydrogen-bond donors (Lipinski definition) is 4. The summed E-state index contributed by atoms with van der Waals surface area (Å²) in [5, 5.41) is 42.1. The molecule has 8 nitrogen and oxygen atoms in total. The van der Waals surface area contributed by atoms with E-state index in [0.717, 1.165) is 0 Å². The highest BCUT2D eigenvalue weighted by atomic mass is 35.5. The van der Waals surface area contributed by atoms with Gasteiger partial charge < -0.3 is 30.1 Å². The molecule has 2 aliphatic rings. The zero-order valence-electron chi connectivity index (χ0n) is 15.3. The van der Waals surface area contributed by atoms with Crippen molar-refractivity contribution in [3.8, 4) is 6.07 Å². The lowest BCUT2D eigenvalue weighted by Crippen LogP contribution is -2.65. The van der Waals surface area contributed by atoms with E-state index in [0.29, 0.717) is 12.8 Å². The summed E-state index contributed by atoms with van der Waals surface area (Å²) in [6.45, 7) is -0.510. The molecule has 1 aliphatic carbocycles. The number of halogens is 1. The van der Waals surface area contributed by atoms with Crippen LogP contribution in [0.15, 0.2) is 18.2 Å². The number of carbonyl (C=O) groups excluding carboxylic acids is 1. The van der Waals surface area contributed by atoms with E-state index >= 15 is 0 Å². The Balaban J connectivity index is 2.10. The van der Waals surface area contributed by atoms with Crippen LogP contribution in [-0.4, -0.2) is 65.4 Å². The minimum Gasteiger partial charge on any atom is -0.394 e. The molecule has 0 radical (unpaired) electrons. The summed E-state index contributed by atoms with van der Waals surface area (Å²) in [5.41, 5.74) is -1.25. The number of nitrogens with zero attached hydrogens (tertiary/aromatic N) is 1. The predicted molar refractivity (Wildman–Crippen MR) is 98.4 cm³/mol. The molecule has 1 amide bonds. The number of ether oxygens (including phenoxy) is 2. The Labute approximate surface area is 167 Å². The molecule has 1 aromatic rings. The molecule has 0 aromatic heterocycles. The van der Waals surface area contributed by atoms with Crippen LogP contribution in [0.5, 0.6) is 0 Å². The third kappa shape index (κ3) is 3.62. The molecule has 6 atom stereocenters. The summed E-state index contributed by atoms with van der Waals surface area (Å²) in [6, 6.07) is 5.98. The van der Waals surface area contributed by atoms with Crippen LogP contribution in [0, 0.1) is 11.3 Å². The maximum atomic E-state index is 13.4. The number of rotatable bonds is 5. The topological polar surface area (TPSA) is 132 Å². The SMILES string of the molecule is COC1CC(O)C(CO)OC1(C(=O)N[C@H]1CC[C@@H]1O)c1cc(Cl)cc(C#N)c1. The fourth-order valence-electron chi connectivity index (χ4n) is 3.73. The molecule has 152 valence electrons. The van der Waals surface area contributed by atoms with Gasteiger partial charge in [-0.1, -0.05) is 11.6 Å². The molecule has 1 heterocycles. The Kier molecular flexibility index (Phi) is 6.25. The maximum Gasteiger partial charge on any atom is 0.259 e. The second kappa shape index (κ2) is 8.33. The third-order valence-corrected chi connectivity index (χ3v) is 5.71. The Morgan fingerprint density at radius 1 is 1.39 bits per heavy atom. The second-order valence-corrected chi connectivity index (χ2v) is 7.60. The van der Waals surface area contributed by atoms with Crippen LogP contribution in [0.1, 0.15) is 30.4 Å². The largest absolute Gasteiger partial charge is 0.394 e. The first-order valence-corrected chi connectivity index (χ1v) is 9.43. The quantitative estimate of drug-likeness (QED) is 0.545. The van der Waals surface area contributed by atoms with Crippen LogP contribution in [0.25, 0.3) is 0 Å². The standard InChI is InChI=1S/C19H23ClN2O6/c1-27-17-7-15(25)16(9-23)28-19(17,18(26)22-13-2-3-14(13)24)11-4-10(8-21)5-12(20)6-11/h4-6,13-17,23-25H,2-3,7,9H2,1H3,(H,22,26)/t13-,14-,15?,16?,17?,19?/m0/s1. The van der Waals surface area contributed by atoms with Crippen molar-refractivity contribution >= 4 is 17.5 Å². The monoisotopic (exact) mass is 410 g/mol. The number of benzene rings is 1. The minimum atomic E-state index is -1.76. The molecule has 4 N–H and O–H groups in total. The molecule has 1 saturated heterocycles. The predicted octanol–water partition coefficient (Wildman–Crippen LogP) is 0.204. The van der Waals surface area contributed by atoms with E-state index in [1.54, 1.807) is 0 Å². The Hall–Kier alpha value is -1.73. The average molecular weight is 411 g/mol. The van der Waals surface area contributed by atoms with Gasteiger partial charge in [-0.05, 0) is 36.6 Å². The molecule has 1 aromatic carbocycles. The summed E-state index contributed by atoms with van der Waals surface area (Å²) in [6.07, 6.45) is -2.41. The van der Waals surface area contributed by atoms with Gasteiger partial charge in [0, 0.05) is 18.6 Å². The van der Waals surface area contributed by atoms with Gasteiger partial charge >= 0.3 is 0 Å². The van der Waals surface area contributed by atoms with Gasteiger partial charge in [0.2, 0.25) is 0 Å². The van der Waals surface area contributed by atoms with Crippen LogP contribution in [0.3, 0.4) is 0 Å². The van der Waals surface area contributed by atoms with E-state index in [9.17, 15) is 25.4 Å². The molecule has 1 saturated carbocycles. The fourth-order valence-corrected chi connectivity index (χ4v) is 3.97. The highest BCUT2D eigenvalue weighted by Gasteiger charge is 2.56. The van der Waals surface area contributed by atoms with Gasteiger partial charge in [-0.3, -0.25) is 4.79 Å². The van der Waals surface area contributed by atoms with E-state index in [-0.39, 0.29) is 22.6 Å². The van der Waals surface area contributed by atoms with Gasteiger partial charge in [-0.15, -0.1) is 0 Å². The van der Waals surface area contributed by atoms with Crippen molar-refractivity contribution in [3.05, 3.63) is 34.3 Å². The van der Waals surface area contributed by atoms with Gasteiger partial charge in [-0.2, -0.15) is 5.26 Å².